The molecule has 0 aromatic heterocycles. The molecule has 3 N–H and O–H groups in total. The Morgan fingerprint density at radius 2 is 1.94 bits per heavy atom. The highest BCUT2D eigenvalue weighted by Gasteiger charge is 2.41. The molecule has 0 aliphatic heterocycles. The maximum absolute atomic E-state index is 11.9. The first-order valence-electron chi connectivity index (χ1n) is 6.62. The van der Waals surface area contributed by atoms with E-state index < -0.39 is 5.60 Å². The van der Waals surface area contributed by atoms with Gasteiger partial charge in [0.25, 0.3) is 0 Å². The fraction of sp³-hybridized carbons (Fsp3) is 0.923. The van der Waals surface area contributed by atoms with Crippen molar-refractivity contribution >= 4 is 6.09 Å². The number of alkyl carbamates (subject to hydrolysis) is 1. The van der Waals surface area contributed by atoms with Crippen molar-refractivity contribution in [1.82, 2.24) is 5.32 Å². The second-order valence-corrected chi connectivity index (χ2v) is 6.22. The van der Waals surface area contributed by atoms with Gasteiger partial charge in [-0.3, -0.25) is 0 Å². The zero-order valence-electron chi connectivity index (χ0n) is 11.9. The molecule has 0 heterocycles. The minimum atomic E-state index is -0.475. The van der Waals surface area contributed by atoms with E-state index in [0.29, 0.717) is 6.61 Å². The normalized spacial score (nSPS) is 20.5. The van der Waals surface area contributed by atoms with Gasteiger partial charge in [-0.25, -0.2) is 10.7 Å². The Balaban J connectivity index is 2.65. The van der Waals surface area contributed by atoms with Gasteiger partial charge in [0, 0.05) is 11.5 Å². The Labute approximate surface area is 109 Å². The number of rotatable bonds is 4. The molecule has 1 rings (SSSR count). The van der Waals surface area contributed by atoms with Gasteiger partial charge in [-0.1, -0.05) is 19.8 Å². The number of nitrogens with one attached hydrogen (secondary N) is 1. The molecule has 1 aliphatic rings. The highest BCUT2D eigenvalue weighted by molar-refractivity contribution is 5.69. The summed E-state index contributed by atoms with van der Waals surface area (Å²) in [5, 5.41) is 3.04. The molecular formula is C13H26N2O3. The maximum Gasteiger partial charge on any atom is 0.408 e. The molecule has 1 amide bonds. The number of ether oxygens (including phenoxy) is 1. The van der Waals surface area contributed by atoms with Crippen LogP contribution in [0.3, 0.4) is 0 Å². The fourth-order valence-electron chi connectivity index (χ4n) is 2.56. The predicted octanol–water partition coefficient (Wildman–Crippen LogP) is 2.35. The lowest BCUT2D eigenvalue weighted by molar-refractivity contribution is 0.0294. The molecule has 0 aromatic rings. The van der Waals surface area contributed by atoms with Crippen LogP contribution >= 0.6 is 0 Å². The minimum absolute atomic E-state index is 0.178. The van der Waals surface area contributed by atoms with E-state index in [2.05, 4.69) is 12.2 Å². The summed E-state index contributed by atoms with van der Waals surface area (Å²) >= 11 is 0. The molecule has 106 valence electrons. The maximum atomic E-state index is 11.9. The van der Waals surface area contributed by atoms with Crippen molar-refractivity contribution < 1.29 is 14.4 Å². The molecular weight excluding hydrogens is 232 g/mol. The number of amides is 1. The largest absolute Gasteiger partial charge is 0.444 e. The van der Waals surface area contributed by atoms with Crippen molar-refractivity contribution in [3.63, 3.8) is 0 Å². The van der Waals surface area contributed by atoms with Crippen molar-refractivity contribution in [3.05, 3.63) is 0 Å². The van der Waals surface area contributed by atoms with E-state index in [4.69, 9.17) is 15.5 Å². The number of carbonyl (C=O) groups is 1. The quantitative estimate of drug-likeness (QED) is 0.759. The molecule has 0 bridgehead atoms. The van der Waals surface area contributed by atoms with Crippen molar-refractivity contribution in [2.45, 2.75) is 64.5 Å². The molecule has 0 saturated heterocycles. The van der Waals surface area contributed by atoms with Gasteiger partial charge in [-0.2, -0.15) is 0 Å². The number of nitrogens with two attached hydrogens (primary N) is 1. The van der Waals surface area contributed by atoms with E-state index in [9.17, 15) is 4.79 Å². The average molecular weight is 258 g/mol. The summed E-state index contributed by atoms with van der Waals surface area (Å²) in [6, 6.07) is 0. The smallest absolute Gasteiger partial charge is 0.408 e. The van der Waals surface area contributed by atoms with Gasteiger partial charge in [-0.15, -0.1) is 0 Å². The molecule has 1 fully saturated rings. The van der Waals surface area contributed by atoms with Crippen LogP contribution in [-0.4, -0.2) is 23.8 Å². The van der Waals surface area contributed by atoms with Gasteiger partial charge in [0.2, 0.25) is 0 Å². The van der Waals surface area contributed by atoms with E-state index >= 15 is 0 Å². The van der Waals surface area contributed by atoms with Crippen LogP contribution < -0.4 is 11.2 Å². The topological polar surface area (TPSA) is 73.6 Å². The molecule has 18 heavy (non-hydrogen) atoms. The van der Waals surface area contributed by atoms with Crippen LogP contribution in [0.4, 0.5) is 4.79 Å². The molecule has 5 heteroatoms. The van der Waals surface area contributed by atoms with Gasteiger partial charge in [0.15, 0.2) is 0 Å². The molecule has 1 saturated carbocycles. The zero-order chi connectivity index (χ0) is 13.8. The Morgan fingerprint density at radius 1 is 1.39 bits per heavy atom. The second-order valence-electron chi connectivity index (χ2n) is 6.22. The van der Waals surface area contributed by atoms with Gasteiger partial charge >= 0.3 is 6.09 Å². The number of carbonyl (C=O) groups excluding carboxylic acids is 1. The van der Waals surface area contributed by atoms with E-state index in [1.54, 1.807) is 0 Å². The van der Waals surface area contributed by atoms with E-state index in [0.717, 1.165) is 25.7 Å². The SMILES string of the molecule is CC(CON)C1(NC(=O)OC(C)(C)C)CCCC1. The molecule has 0 aromatic carbocycles. The van der Waals surface area contributed by atoms with Crippen LogP contribution in [0.2, 0.25) is 0 Å². The van der Waals surface area contributed by atoms with Crippen LogP contribution in [-0.2, 0) is 9.57 Å². The molecule has 0 radical (unpaired) electrons. The Kier molecular flexibility index (Phi) is 4.99. The number of hydrogen-bond donors (Lipinski definition) is 2. The zero-order valence-corrected chi connectivity index (χ0v) is 11.9. The molecule has 1 atom stereocenters. The van der Waals surface area contributed by atoms with Gasteiger partial charge in [-0.05, 0) is 33.6 Å². The lowest BCUT2D eigenvalue weighted by Crippen LogP contribution is -2.53. The third-order valence-electron chi connectivity index (χ3n) is 3.54. The average Bonchev–Trinajstić information content (AvgIpc) is 2.64. The Morgan fingerprint density at radius 3 is 2.39 bits per heavy atom. The number of hydrogen-bond acceptors (Lipinski definition) is 4. The first-order chi connectivity index (χ1) is 8.29. The van der Waals surface area contributed by atoms with Gasteiger partial charge in [0.1, 0.15) is 5.60 Å². The summed E-state index contributed by atoms with van der Waals surface area (Å²) in [7, 11) is 0. The van der Waals surface area contributed by atoms with E-state index in [1.807, 2.05) is 20.8 Å². The summed E-state index contributed by atoms with van der Waals surface area (Å²) in [6.45, 7) is 8.08. The van der Waals surface area contributed by atoms with Gasteiger partial charge < -0.3 is 14.9 Å². The summed E-state index contributed by atoms with van der Waals surface area (Å²) in [6.07, 6.45) is 3.79. The highest BCUT2D eigenvalue weighted by atomic mass is 16.6. The van der Waals surface area contributed by atoms with E-state index in [1.165, 1.54) is 0 Å². The Bertz CT molecular complexity index is 280. The summed E-state index contributed by atoms with van der Waals surface area (Å²) < 4.78 is 5.33. The van der Waals surface area contributed by atoms with Crippen LogP contribution in [0.5, 0.6) is 0 Å². The standard InChI is InChI=1S/C13H26N2O3/c1-10(9-17-14)13(7-5-6-8-13)15-11(16)18-12(2,3)4/h10H,5-9,14H2,1-4H3,(H,15,16). The fourth-order valence-corrected chi connectivity index (χ4v) is 2.56. The van der Waals surface area contributed by atoms with Crippen molar-refractivity contribution in [2.75, 3.05) is 6.61 Å². The molecule has 5 nitrogen and oxygen atoms in total. The van der Waals surface area contributed by atoms with Gasteiger partial charge in [0.05, 0.1) is 6.61 Å². The van der Waals surface area contributed by atoms with Crippen molar-refractivity contribution in [2.24, 2.45) is 11.8 Å². The van der Waals surface area contributed by atoms with Crippen LogP contribution in [0, 0.1) is 5.92 Å². The first kappa shape index (κ1) is 15.2. The first-order valence-corrected chi connectivity index (χ1v) is 6.62. The Hall–Kier alpha value is -0.810. The summed E-state index contributed by atoms with van der Waals surface area (Å²) in [5.74, 6) is 5.32. The van der Waals surface area contributed by atoms with Crippen LogP contribution in [0.25, 0.3) is 0 Å². The van der Waals surface area contributed by atoms with Crippen LogP contribution in [0.15, 0.2) is 0 Å². The van der Waals surface area contributed by atoms with Crippen LogP contribution in [0.1, 0.15) is 53.4 Å². The lowest BCUT2D eigenvalue weighted by atomic mass is 9.84. The summed E-state index contributed by atoms with van der Waals surface area (Å²) in [4.78, 5) is 16.7. The predicted molar refractivity (Wildman–Crippen MR) is 69.9 cm³/mol. The van der Waals surface area contributed by atoms with Crippen molar-refractivity contribution in [3.8, 4) is 0 Å². The minimum Gasteiger partial charge on any atom is -0.444 e. The molecule has 1 unspecified atom stereocenters. The molecule has 1 aliphatic carbocycles. The lowest BCUT2D eigenvalue weighted by Gasteiger charge is -2.36. The second kappa shape index (κ2) is 5.89. The van der Waals surface area contributed by atoms with E-state index in [-0.39, 0.29) is 17.6 Å². The highest BCUT2D eigenvalue weighted by Crippen LogP contribution is 2.36. The summed E-state index contributed by atoms with van der Waals surface area (Å²) in [5.41, 5.74) is -0.709. The molecule has 0 spiro atoms. The third-order valence-corrected chi connectivity index (χ3v) is 3.54. The monoisotopic (exact) mass is 258 g/mol. The van der Waals surface area contributed by atoms with Crippen molar-refractivity contribution in [1.29, 1.82) is 0 Å². The third kappa shape index (κ3) is 4.14.